The standard InChI is InChI=1S/C8H17IOSi/c1-8(7-9)10-5-6-11(2,3)4/h1,5-7H2,2-4H3. The molecule has 0 aromatic heterocycles. The zero-order chi connectivity index (χ0) is 8.91. The van der Waals surface area contributed by atoms with E-state index in [1.807, 2.05) is 0 Å². The molecule has 11 heavy (non-hydrogen) atoms. The number of alkyl halides is 1. The lowest BCUT2D eigenvalue weighted by atomic mass is 10.6. The van der Waals surface area contributed by atoms with E-state index in [-0.39, 0.29) is 0 Å². The Morgan fingerprint density at radius 2 is 2.00 bits per heavy atom. The highest BCUT2D eigenvalue weighted by molar-refractivity contribution is 14.1. The molecule has 0 unspecified atom stereocenters. The van der Waals surface area contributed by atoms with Gasteiger partial charge < -0.3 is 4.74 Å². The maximum absolute atomic E-state index is 5.40. The Labute approximate surface area is 84.4 Å². The average molecular weight is 284 g/mol. The maximum atomic E-state index is 5.40. The molecule has 0 aromatic carbocycles. The lowest BCUT2D eigenvalue weighted by molar-refractivity contribution is 0.235. The molecule has 1 nitrogen and oxygen atoms in total. The van der Waals surface area contributed by atoms with E-state index in [9.17, 15) is 0 Å². The van der Waals surface area contributed by atoms with Crippen molar-refractivity contribution in [2.24, 2.45) is 0 Å². The van der Waals surface area contributed by atoms with Crippen LogP contribution in [0, 0.1) is 0 Å². The number of allylic oxidation sites excluding steroid dienone is 1. The molecular weight excluding hydrogens is 267 g/mol. The molecule has 0 radical (unpaired) electrons. The van der Waals surface area contributed by atoms with Crippen LogP contribution in [0.25, 0.3) is 0 Å². The molecule has 3 heteroatoms. The van der Waals surface area contributed by atoms with Gasteiger partial charge in [0.25, 0.3) is 0 Å². The third kappa shape index (κ3) is 8.39. The van der Waals surface area contributed by atoms with Crippen molar-refractivity contribution in [3.05, 3.63) is 12.3 Å². The summed E-state index contributed by atoms with van der Waals surface area (Å²) >= 11 is 2.26. The molecule has 0 saturated carbocycles. The summed E-state index contributed by atoms with van der Waals surface area (Å²) in [4.78, 5) is 0. The quantitative estimate of drug-likeness (QED) is 0.326. The Balaban J connectivity index is 3.35. The monoisotopic (exact) mass is 284 g/mol. The highest BCUT2D eigenvalue weighted by Gasteiger charge is 2.12. The van der Waals surface area contributed by atoms with Gasteiger partial charge in [-0.15, -0.1) is 0 Å². The lowest BCUT2D eigenvalue weighted by Crippen LogP contribution is -2.21. The number of ether oxygens (including phenoxy) is 1. The molecule has 0 aliphatic rings. The van der Waals surface area contributed by atoms with Gasteiger partial charge in [-0.2, -0.15) is 0 Å². The summed E-state index contributed by atoms with van der Waals surface area (Å²) in [5.41, 5.74) is 0. The van der Waals surface area contributed by atoms with Gasteiger partial charge in [0.1, 0.15) is 0 Å². The van der Waals surface area contributed by atoms with E-state index in [0.29, 0.717) is 0 Å². The van der Waals surface area contributed by atoms with E-state index in [2.05, 4.69) is 48.8 Å². The van der Waals surface area contributed by atoms with Crippen LogP contribution in [0.4, 0.5) is 0 Å². The van der Waals surface area contributed by atoms with Gasteiger partial charge in [-0.05, 0) is 6.04 Å². The zero-order valence-corrected chi connectivity index (χ0v) is 10.8. The zero-order valence-electron chi connectivity index (χ0n) is 7.61. The molecule has 0 N–H and O–H groups in total. The molecule has 0 spiro atoms. The SMILES string of the molecule is C=C(CI)OCC[Si](C)(C)C. The van der Waals surface area contributed by atoms with Crippen molar-refractivity contribution in [2.45, 2.75) is 25.7 Å². The van der Waals surface area contributed by atoms with Crippen molar-refractivity contribution < 1.29 is 4.74 Å². The first-order valence-corrected chi connectivity index (χ1v) is 9.05. The molecule has 0 atom stereocenters. The number of hydrogen-bond donors (Lipinski definition) is 0. The minimum absolute atomic E-state index is 0.859. The third-order valence-electron chi connectivity index (χ3n) is 1.31. The molecule has 0 aliphatic carbocycles. The maximum Gasteiger partial charge on any atom is 0.0985 e. The van der Waals surface area contributed by atoms with Crippen molar-refractivity contribution >= 4 is 30.7 Å². The Hall–Kier alpha value is 0.487. The number of hydrogen-bond acceptors (Lipinski definition) is 1. The molecule has 0 saturated heterocycles. The molecule has 0 rings (SSSR count). The summed E-state index contributed by atoms with van der Waals surface area (Å²) in [7, 11) is -0.905. The van der Waals surface area contributed by atoms with Crippen LogP contribution < -0.4 is 0 Å². The largest absolute Gasteiger partial charge is 0.498 e. The Morgan fingerprint density at radius 1 is 1.45 bits per heavy atom. The van der Waals surface area contributed by atoms with E-state index in [1.54, 1.807) is 0 Å². The minimum Gasteiger partial charge on any atom is -0.498 e. The van der Waals surface area contributed by atoms with Gasteiger partial charge in [-0.25, -0.2) is 0 Å². The van der Waals surface area contributed by atoms with Gasteiger partial charge in [0, 0.05) is 8.07 Å². The summed E-state index contributed by atoms with van der Waals surface area (Å²) in [5, 5.41) is 0. The second-order valence-corrected chi connectivity index (χ2v) is 10.2. The van der Waals surface area contributed by atoms with Crippen LogP contribution in [-0.2, 0) is 4.74 Å². The molecule has 0 fully saturated rings. The second-order valence-electron chi connectivity index (χ2n) is 3.83. The van der Waals surface area contributed by atoms with Crippen LogP contribution in [0.2, 0.25) is 25.7 Å². The molecule has 66 valence electrons. The van der Waals surface area contributed by atoms with Gasteiger partial charge in [0.2, 0.25) is 0 Å². The third-order valence-corrected chi connectivity index (χ3v) is 3.86. The predicted octanol–water partition coefficient (Wildman–Crippen LogP) is 3.29. The summed E-state index contributed by atoms with van der Waals surface area (Å²) in [6.45, 7) is 11.7. The van der Waals surface area contributed by atoms with Crippen LogP contribution in [0.5, 0.6) is 0 Å². The van der Waals surface area contributed by atoms with E-state index < -0.39 is 8.07 Å². The molecule has 0 bridgehead atoms. The first kappa shape index (κ1) is 11.5. The highest BCUT2D eigenvalue weighted by Crippen LogP contribution is 2.09. The van der Waals surface area contributed by atoms with Crippen LogP contribution in [-0.4, -0.2) is 19.1 Å². The lowest BCUT2D eigenvalue weighted by Gasteiger charge is -2.16. The van der Waals surface area contributed by atoms with E-state index in [1.165, 1.54) is 6.04 Å². The van der Waals surface area contributed by atoms with Crippen LogP contribution >= 0.6 is 22.6 Å². The summed E-state index contributed by atoms with van der Waals surface area (Å²) < 4.78 is 6.31. The van der Waals surface area contributed by atoms with Crippen molar-refractivity contribution in [3.63, 3.8) is 0 Å². The summed E-state index contributed by atoms with van der Waals surface area (Å²) in [6, 6.07) is 1.22. The van der Waals surface area contributed by atoms with Gasteiger partial charge in [0.05, 0.1) is 16.8 Å². The molecule has 0 amide bonds. The molecule has 0 heterocycles. The van der Waals surface area contributed by atoms with Gasteiger partial charge >= 0.3 is 0 Å². The van der Waals surface area contributed by atoms with E-state index >= 15 is 0 Å². The first-order chi connectivity index (χ1) is 4.95. The molecular formula is C8H17IOSi. The van der Waals surface area contributed by atoms with Crippen molar-refractivity contribution in [1.29, 1.82) is 0 Å². The number of halogens is 1. The van der Waals surface area contributed by atoms with Gasteiger partial charge in [0.15, 0.2) is 0 Å². The second kappa shape index (κ2) is 5.19. The average Bonchev–Trinajstić information content (AvgIpc) is 1.85. The van der Waals surface area contributed by atoms with E-state index in [0.717, 1.165) is 16.8 Å². The fraction of sp³-hybridized carbons (Fsp3) is 0.750. The normalized spacial score (nSPS) is 11.3. The fourth-order valence-corrected chi connectivity index (χ4v) is 1.47. The van der Waals surface area contributed by atoms with Crippen LogP contribution in [0.1, 0.15) is 0 Å². The van der Waals surface area contributed by atoms with Crippen LogP contribution in [0.15, 0.2) is 12.3 Å². The first-order valence-electron chi connectivity index (χ1n) is 3.82. The van der Waals surface area contributed by atoms with Gasteiger partial charge in [-0.3, -0.25) is 0 Å². The van der Waals surface area contributed by atoms with Crippen LogP contribution in [0.3, 0.4) is 0 Å². The minimum atomic E-state index is -0.905. The topological polar surface area (TPSA) is 9.23 Å². The Kier molecular flexibility index (Phi) is 5.42. The van der Waals surface area contributed by atoms with Crippen molar-refractivity contribution in [3.8, 4) is 0 Å². The molecule has 0 aliphatic heterocycles. The smallest absolute Gasteiger partial charge is 0.0985 e. The Bertz CT molecular complexity index is 129. The Morgan fingerprint density at radius 3 is 2.36 bits per heavy atom. The van der Waals surface area contributed by atoms with E-state index in [4.69, 9.17) is 4.74 Å². The summed E-state index contributed by atoms with van der Waals surface area (Å²) in [5.74, 6) is 0.906. The fourth-order valence-electron chi connectivity index (χ4n) is 0.540. The summed E-state index contributed by atoms with van der Waals surface area (Å²) in [6.07, 6.45) is 0. The number of rotatable bonds is 5. The van der Waals surface area contributed by atoms with Gasteiger partial charge in [-0.1, -0.05) is 48.8 Å². The van der Waals surface area contributed by atoms with Crippen molar-refractivity contribution in [1.82, 2.24) is 0 Å². The molecule has 0 aromatic rings. The highest BCUT2D eigenvalue weighted by atomic mass is 127. The predicted molar refractivity (Wildman–Crippen MR) is 62.1 cm³/mol. The van der Waals surface area contributed by atoms with Crippen molar-refractivity contribution in [2.75, 3.05) is 11.0 Å².